The zero-order chi connectivity index (χ0) is 22.2. The molecule has 0 radical (unpaired) electrons. The van der Waals surface area contributed by atoms with Gasteiger partial charge in [0.1, 0.15) is 17.0 Å². The highest BCUT2D eigenvalue weighted by Crippen LogP contribution is 2.38. The largest absolute Gasteiger partial charge is 0.349 e. The lowest BCUT2D eigenvalue weighted by atomic mass is 9.70. The van der Waals surface area contributed by atoms with Crippen LogP contribution >= 0.6 is 0 Å². The molecule has 0 aliphatic heterocycles. The summed E-state index contributed by atoms with van der Waals surface area (Å²) in [6.45, 7) is 6.86. The van der Waals surface area contributed by atoms with Crippen LogP contribution in [-0.4, -0.2) is 21.5 Å². The number of hydrogen-bond donors (Lipinski definition) is 1. The first kappa shape index (κ1) is 21.2. The number of benzene rings is 1. The quantitative estimate of drug-likeness (QED) is 0.673. The Kier molecular flexibility index (Phi) is 5.65. The fourth-order valence-corrected chi connectivity index (χ4v) is 5.01. The summed E-state index contributed by atoms with van der Waals surface area (Å²) in [6, 6.07) is 11.3. The first-order valence-electron chi connectivity index (χ1n) is 10.8. The summed E-state index contributed by atoms with van der Waals surface area (Å²) >= 11 is 0. The standard InChI is InChI=1S/C25H28FN3O2/c1-16-11-20(14-25(2,3)13-16)28-23(30)21-12-18-5-4-10-27-22(18)29(24(21)31)15-17-6-8-19(26)9-7-17/h4-10,12,16,20H,11,13-15H2,1-3H3,(H,28,30). The number of carbonyl (C=O) groups is 1. The van der Waals surface area contributed by atoms with Crippen LogP contribution in [0.1, 0.15) is 56.0 Å². The second-order valence-corrected chi connectivity index (χ2v) is 9.58. The molecule has 6 heteroatoms. The molecule has 0 bridgehead atoms. The summed E-state index contributed by atoms with van der Waals surface area (Å²) in [5.41, 5.74) is 1.14. The molecule has 3 aromatic rings. The topological polar surface area (TPSA) is 64.0 Å². The molecule has 2 aromatic heterocycles. The van der Waals surface area contributed by atoms with Crippen LogP contribution in [-0.2, 0) is 6.54 Å². The van der Waals surface area contributed by atoms with Crippen molar-refractivity contribution in [3.05, 3.63) is 76.0 Å². The number of rotatable bonds is 4. The summed E-state index contributed by atoms with van der Waals surface area (Å²) in [4.78, 5) is 30.8. The number of fused-ring (bicyclic) bond motifs is 1. The van der Waals surface area contributed by atoms with Crippen LogP contribution < -0.4 is 10.9 Å². The summed E-state index contributed by atoms with van der Waals surface area (Å²) in [7, 11) is 0. The lowest BCUT2D eigenvalue weighted by Gasteiger charge is -2.39. The van der Waals surface area contributed by atoms with Crippen molar-refractivity contribution in [2.75, 3.05) is 0 Å². The zero-order valence-electron chi connectivity index (χ0n) is 18.2. The minimum absolute atomic E-state index is 0.0424. The van der Waals surface area contributed by atoms with Crippen molar-refractivity contribution in [3.8, 4) is 0 Å². The van der Waals surface area contributed by atoms with Crippen molar-refractivity contribution >= 4 is 16.9 Å². The Bertz CT molecular complexity index is 1170. The maximum absolute atomic E-state index is 13.3. The maximum Gasteiger partial charge on any atom is 0.265 e. The van der Waals surface area contributed by atoms with Gasteiger partial charge in [0.2, 0.25) is 0 Å². The fourth-order valence-electron chi connectivity index (χ4n) is 5.01. The highest BCUT2D eigenvalue weighted by atomic mass is 19.1. The molecule has 1 fully saturated rings. The van der Waals surface area contributed by atoms with Crippen LogP contribution in [0.3, 0.4) is 0 Å². The van der Waals surface area contributed by atoms with E-state index in [-0.39, 0.29) is 35.3 Å². The van der Waals surface area contributed by atoms with E-state index in [9.17, 15) is 14.0 Å². The molecular formula is C25H28FN3O2. The Balaban J connectivity index is 1.69. The molecule has 1 saturated carbocycles. The molecule has 1 aromatic carbocycles. The van der Waals surface area contributed by atoms with Crippen LogP contribution in [0.5, 0.6) is 0 Å². The van der Waals surface area contributed by atoms with Crippen molar-refractivity contribution in [3.63, 3.8) is 0 Å². The molecule has 4 rings (SSSR count). The van der Waals surface area contributed by atoms with Gasteiger partial charge in [-0.2, -0.15) is 0 Å². The van der Waals surface area contributed by atoms with Gasteiger partial charge in [0, 0.05) is 17.6 Å². The number of hydrogen-bond acceptors (Lipinski definition) is 3. The van der Waals surface area contributed by atoms with E-state index in [1.165, 1.54) is 16.7 Å². The van der Waals surface area contributed by atoms with Crippen LogP contribution in [0.25, 0.3) is 11.0 Å². The highest BCUT2D eigenvalue weighted by Gasteiger charge is 2.33. The molecule has 2 atom stereocenters. The fraction of sp³-hybridized carbons (Fsp3) is 0.400. The molecule has 1 aliphatic rings. The molecule has 5 nitrogen and oxygen atoms in total. The predicted octanol–water partition coefficient (Wildman–Crippen LogP) is 4.53. The number of pyridine rings is 2. The van der Waals surface area contributed by atoms with Crippen molar-refractivity contribution in [2.45, 2.75) is 52.6 Å². The second kappa shape index (κ2) is 8.25. The lowest BCUT2D eigenvalue weighted by Crippen LogP contribution is -2.44. The molecular weight excluding hydrogens is 393 g/mol. The van der Waals surface area contributed by atoms with Crippen LogP contribution in [0.15, 0.2) is 53.5 Å². The van der Waals surface area contributed by atoms with E-state index in [0.29, 0.717) is 17.0 Å². The van der Waals surface area contributed by atoms with Crippen molar-refractivity contribution in [1.29, 1.82) is 0 Å². The van der Waals surface area contributed by atoms with Gasteiger partial charge in [-0.3, -0.25) is 14.2 Å². The molecule has 0 saturated heterocycles. The number of nitrogens with zero attached hydrogens (tertiary/aromatic N) is 2. The third-order valence-electron chi connectivity index (χ3n) is 6.07. The summed E-state index contributed by atoms with van der Waals surface area (Å²) in [5, 5.41) is 3.82. The van der Waals surface area contributed by atoms with Crippen molar-refractivity contribution < 1.29 is 9.18 Å². The SMILES string of the molecule is CC1CC(NC(=O)c2cc3cccnc3n(Cc3ccc(F)cc3)c2=O)CC(C)(C)C1. The van der Waals surface area contributed by atoms with Gasteiger partial charge in [0.25, 0.3) is 11.5 Å². The van der Waals surface area contributed by atoms with Gasteiger partial charge < -0.3 is 5.32 Å². The Morgan fingerprint density at radius 3 is 2.68 bits per heavy atom. The van der Waals surface area contributed by atoms with E-state index >= 15 is 0 Å². The number of aromatic nitrogens is 2. The van der Waals surface area contributed by atoms with E-state index in [4.69, 9.17) is 0 Å². The van der Waals surface area contributed by atoms with Gasteiger partial charge in [-0.1, -0.05) is 32.9 Å². The van der Waals surface area contributed by atoms with E-state index in [2.05, 4.69) is 31.1 Å². The van der Waals surface area contributed by atoms with Crippen LogP contribution in [0.2, 0.25) is 0 Å². The van der Waals surface area contributed by atoms with Gasteiger partial charge in [0.05, 0.1) is 6.54 Å². The average Bonchev–Trinajstić information content (AvgIpc) is 2.69. The Morgan fingerprint density at radius 2 is 1.97 bits per heavy atom. The van der Waals surface area contributed by atoms with E-state index in [0.717, 1.165) is 24.8 Å². The van der Waals surface area contributed by atoms with Gasteiger partial charge in [-0.15, -0.1) is 0 Å². The molecule has 0 spiro atoms. The Labute approximate surface area is 181 Å². The minimum atomic E-state index is -0.392. The lowest BCUT2D eigenvalue weighted by molar-refractivity contribution is 0.0872. The number of halogens is 1. The highest BCUT2D eigenvalue weighted by molar-refractivity contribution is 5.97. The first-order chi connectivity index (χ1) is 14.7. The summed E-state index contributed by atoms with van der Waals surface area (Å²) in [6.07, 6.45) is 4.55. The van der Waals surface area contributed by atoms with Gasteiger partial charge in [0.15, 0.2) is 0 Å². The maximum atomic E-state index is 13.3. The molecule has 31 heavy (non-hydrogen) atoms. The molecule has 1 amide bonds. The predicted molar refractivity (Wildman–Crippen MR) is 120 cm³/mol. The Morgan fingerprint density at radius 1 is 1.23 bits per heavy atom. The van der Waals surface area contributed by atoms with Crippen LogP contribution in [0, 0.1) is 17.2 Å². The van der Waals surface area contributed by atoms with Crippen LogP contribution in [0.4, 0.5) is 4.39 Å². The third-order valence-corrected chi connectivity index (χ3v) is 6.07. The molecule has 1 aliphatic carbocycles. The molecule has 1 N–H and O–H groups in total. The normalized spacial score (nSPS) is 20.5. The van der Waals surface area contributed by atoms with Gasteiger partial charge >= 0.3 is 0 Å². The number of nitrogens with one attached hydrogen (secondary N) is 1. The molecule has 162 valence electrons. The summed E-state index contributed by atoms with van der Waals surface area (Å²) in [5.74, 6) is -0.166. The average molecular weight is 422 g/mol. The van der Waals surface area contributed by atoms with Crippen molar-refractivity contribution in [2.24, 2.45) is 11.3 Å². The number of carbonyl (C=O) groups excluding carboxylic acids is 1. The molecule has 2 unspecified atom stereocenters. The van der Waals surface area contributed by atoms with Crippen molar-refractivity contribution in [1.82, 2.24) is 14.9 Å². The Hall–Kier alpha value is -3.02. The first-order valence-corrected chi connectivity index (χ1v) is 10.8. The monoisotopic (exact) mass is 421 g/mol. The molecule has 2 heterocycles. The zero-order valence-corrected chi connectivity index (χ0v) is 18.2. The third kappa shape index (κ3) is 4.68. The minimum Gasteiger partial charge on any atom is -0.349 e. The second-order valence-electron chi connectivity index (χ2n) is 9.58. The van der Waals surface area contributed by atoms with Gasteiger partial charge in [-0.25, -0.2) is 9.37 Å². The van der Waals surface area contributed by atoms with E-state index in [1.807, 2.05) is 6.07 Å². The smallest absolute Gasteiger partial charge is 0.265 e. The van der Waals surface area contributed by atoms with E-state index in [1.54, 1.807) is 30.5 Å². The summed E-state index contributed by atoms with van der Waals surface area (Å²) < 4.78 is 14.8. The number of amides is 1. The van der Waals surface area contributed by atoms with Gasteiger partial charge in [-0.05, 0) is 66.5 Å². The van der Waals surface area contributed by atoms with E-state index < -0.39 is 5.56 Å².